The third kappa shape index (κ3) is 4.29. The Hall–Kier alpha value is -2.02. The highest BCUT2D eigenvalue weighted by molar-refractivity contribution is 14.1. The third-order valence-electron chi connectivity index (χ3n) is 3.87. The second-order valence-corrected chi connectivity index (χ2v) is 6.74. The fourth-order valence-corrected chi connectivity index (χ4v) is 3.22. The number of rotatable bonds is 6. The van der Waals surface area contributed by atoms with Crippen molar-refractivity contribution in [3.05, 3.63) is 76.0 Å². The Morgan fingerprint density at radius 2 is 1.92 bits per heavy atom. The van der Waals surface area contributed by atoms with E-state index in [0.29, 0.717) is 13.2 Å². The fourth-order valence-electron chi connectivity index (χ4n) is 2.64. The Morgan fingerprint density at radius 1 is 1.17 bits per heavy atom. The average Bonchev–Trinajstić information content (AvgIpc) is 2.94. The molecule has 1 atom stereocenters. The van der Waals surface area contributed by atoms with Crippen LogP contribution in [0.15, 0.2) is 66.9 Å². The number of carbonyl (C=O) groups is 1. The molecule has 0 saturated carbocycles. The van der Waals surface area contributed by atoms with E-state index in [0.717, 1.165) is 12.1 Å². The standard InChI is InChI=1S/C19H19IN2O2/c20-17-9-4-5-10-18(17)21-11-6-12-22-16(14-24-19(22)23)13-15-7-2-1-3-8-15/h1-10,12,16,21H,11,13-14H2/b12-6+/t16-/m0/s1. The molecule has 0 spiro atoms. The van der Waals surface area contributed by atoms with E-state index < -0.39 is 0 Å². The number of halogens is 1. The van der Waals surface area contributed by atoms with Crippen molar-refractivity contribution in [3.8, 4) is 0 Å². The van der Waals surface area contributed by atoms with Gasteiger partial charge in [-0.2, -0.15) is 0 Å². The van der Waals surface area contributed by atoms with Gasteiger partial charge in [0.15, 0.2) is 0 Å². The van der Waals surface area contributed by atoms with E-state index >= 15 is 0 Å². The zero-order chi connectivity index (χ0) is 16.8. The molecular formula is C19H19IN2O2. The molecule has 3 rings (SSSR count). The summed E-state index contributed by atoms with van der Waals surface area (Å²) in [5.41, 5.74) is 2.30. The lowest BCUT2D eigenvalue weighted by Gasteiger charge is -2.17. The molecule has 2 aromatic carbocycles. The van der Waals surface area contributed by atoms with Crippen LogP contribution >= 0.6 is 22.6 Å². The van der Waals surface area contributed by atoms with Crippen molar-refractivity contribution in [3.63, 3.8) is 0 Å². The first kappa shape index (κ1) is 16.8. The van der Waals surface area contributed by atoms with Crippen molar-refractivity contribution >= 4 is 34.4 Å². The molecule has 5 heteroatoms. The first-order chi connectivity index (χ1) is 11.7. The molecule has 2 aromatic rings. The summed E-state index contributed by atoms with van der Waals surface area (Å²) < 4.78 is 6.37. The zero-order valence-electron chi connectivity index (χ0n) is 13.2. The summed E-state index contributed by atoms with van der Waals surface area (Å²) in [5, 5.41) is 3.34. The van der Waals surface area contributed by atoms with E-state index in [2.05, 4.69) is 46.1 Å². The quantitative estimate of drug-likeness (QED) is 0.691. The Balaban J connectivity index is 1.57. The molecule has 1 amide bonds. The summed E-state index contributed by atoms with van der Waals surface area (Å²) >= 11 is 2.30. The minimum absolute atomic E-state index is 0.0491. The number of carbonyl (C=O) groups excluding carboxylic acids is 1. The van der Waals surface area contributed by atoms with Crippen molar-refractivity contribution < 1.29 is 9.53 Å². The van der Waals surface area contributed by atoms with Gasteiger partial charge in [-0.15, -0.1) is 0 Å². The molecule has 1 aliphatic rings. The number of hydrogen-bond acceptors (Lipinski definition) is 3. The molecule has 0 bridgehead atoms. The van der Waals surface area contributed by atoms with E-state index in [4.69, 9.17) is 4.74 Å². The molecule has 1 aliphatic heterocycles. The lowest BCUT2D eigenvalue weighted by atomic mass is 10.1. The highest BCUT2D eigenvalue weighted by Gasteiger charge is 2.31. The van der Waals surface area contributed by atoms with E-state index in [1.54, 1.807) is 4.90 Å². The largest absolute Gasteiger partial charge is 0.447 e. The van der Waals surface area contributed by atoms with Gasteiger partial charge in [-0.25, -0.2) is 4.79 Å². The zero-order valence-corrected chi connectivity index (χ0v) is 15.3. The molecule has 0 aliphatic carbocycles. The molecule has 1 N–H and O–H groups in total. The Labute approximate surface area is 155 Å². The van der Waals surface area contributed by atoms with Crippen molar-refractivity contribution in [2.24, 2.45) is 0 Å². The average molecular weight is 434 g/mol. The van der Waals surface area contributed by atoms with Crippen molar-refractivity contribution in [2.75, 3.05) is 18.5 Å². The van der Waals surface area contributed by atoms with Crippen LogP contribution in [0.5, 0.6) is 0 Å². The number of hydrogen-bond donors (Lipinski definition) is 1. The van der Waals surface area contributed by atoms with Crippen LogP contribution in [-0.4, -0.2) is 30.2 Å². The third-order valence-corrected chi connectivity index (χ3v) is 4.81. The molecule has 124 valence electrons. The Bertz CT molecular complexity index is 718. The van der Waals surface area contributed by atoms with Gasteiger partial charge in [-0.3, -0.25) is 4.90 Å². The summed E-state index contributed by atoms with van der Waals surface area (Å²) in [6.07, 6.45) is 4.29. The lowest BCUT2D eigenvalue weighted by molar-refractivity contribution is 0.166. The number of para-hydroxylation sites is 1. The van der Waals surface area contributed by atoms with Crippen LogP contribution < -0.4 is 5.32 Å². The highest BCUT2D eigenvalue weighted by atomic mass is 127. The molecule has 24 heavy (non-hydrogen) atoms. The van der Waals surface area contributed by atoms with Crippen LogP contribution in [0.25, 0.3) is 0 Å². The normalized spacial score (nSPS) is 17.3. The molecule has 1 saturated heterocycles. The first-order valence-electron chi connectivity index (χ1n) is 7.88. The second-order valence-electron chi connectivity index (χ2n) is 5.57. The van der Waals surface area contributed by atoms with Gasteiger partial charge in [0.1, 0.15) is 6.61 Å². The number of nitrogens with one attached hydrogen (secondary N) is 1. The van der Waals surface area contributed by atoms with Gasteiger partial charge in [0.2, 0.25) is 0 Å². The minimum Gasteiger partial charge on any atom is -0.447 e. The summed E-state index contributed by atoms with van der Waals surface area (Å²) in [7, 11) is 0. The van der Waals surface area contributed by atoms with E-state index in [-0.39, 0.29) is 12.1 Å². The van der Waals surface area contributed by atoms with Gasteiger partial charge in [-0.1, -0.05) is 42.5 Å². The van der Waals surface area contributed by atoms with Crippen molar-refractivity contribution in [2.45, 2.75) is 12.5 Å². The number of ether oxygens (including phenoxy) is 1. The van der Waals surface area contributed by atoms with Crippen molar-refractivity contribution in [1.29, 1.82) is 0 Å². The number of benzene rings is 2. The van der Waals surface area contributed by atoms with Crippen molar-refractivity contribution in [1.82, 2.24) is 4.90 Å². The highest BCUT2D eigenvalue weighted by Crippen LogP contribution is 2.18. The maximum absolute atomic E-state index is 11.9. The Kier molecular flexibility index (Phi) is 5.74. The van der Waals surface area contributed by atoms with Crippen LogP contribution in [0, 0.1) is 3.57 Å². The van der Waals surface area contributed by atoms with Gasteiger partial charge < -0.3 is 10.1 Å². The van der Waals surface area contributed by atoms with E-state index in [1.807, 2.05) is 48.7 Å². The van der Waals surface area contributed by atoms with Gasteiger partial charge >= 0.3 is 6.09 Å². The number of amides is 1. The molecule has 4 nitrogen and oxygen atoms in total. The Morgan fingerprint density at radius 3 is 2.71 bits per heavy atom. The summed E-state index contributed by atoms with van der Waals surface area (Å²) in [4.78, 5) is 13.6. The molecular weight excluding hydrogens is 415 g/mol. The van der Waals surface area contributed by atoms with Crippen LogP contribution in [0.2, 0.25) is 0 Å². The minimum atomic E-state index is -0.276. The van der Waals surface area contributed by atoms with E-state index in [9.17, 15) is 4.79 Å². The summed E-state index contributed by atoms with van der Waals surface area (Å²) in [5.74, 6) is 0. The topological polar surface area (TPSA) is 41.6 Å². The first-order valence-corrected chi connectivity index (χ1v) is 8.96. The van der Waals surface area contributed by atoms with Crippen LogP contribution in [0.4, 0.5) is 10.5 Å². The lowest BCUT2D eigenvalue weighted by Crippen LogP contribution is -2.30. The van der Waals surface area contributed by atoms with Gasteiger partial charge in [0.05, 0.1) is 6.04 Å². The molecule has 1 fully saturated rings. The number of nitrogens with zero attached hydrogens (tertiary/aromatic N) is 1. The predicted octanol–water partition coefficient (Wildman–Crippen LogP) is 4.28. The smallest absolute Gasteiger partial charge is 0.414 e. The van der Waals surface area contributed by atoms with Crippen LogP contribution in [0.3, 0.4) is 0 Å². The van der Waals surface area contributed by atoms with Gasteiger partial charge in [0, 0.05) is 22.0 Å². The summed E-state index contributed by atoms with van der Waals surface area (Å²) in [6, 6.07) is 18.3. The SMILES string of the molecule is O=C1OC[C@H](Cc2ccccc2)N1/C=C/CNc1ccccc1I. The molecule has 0 aromatic heterocycles. The van der Waals surface area contributed by atoms with Crippen LogP contribution in [0.1, 0.15) is 5.56 Å². The van der Waals surface area contributed by atoms with Gasteiger partial charge in [-0.05, 0) is 52.8 Å². The fraction of sp³-hybridized carbons (Fsp3) is 0.211. The van der Waals surface area contributed by atoms with Crippen LogP contribution in [-0.2, 0) is 11.2 Å². The molecule has 0 unspecified atom stereocenters. The molecule has 1 heterocycles. The number of cyclic esters (lactones) is 1. The molecule has 0 radical (unpaired) electrons. The maximum atomic E-state index is 11.9. The van der Waals surface area contributed by atoms with E-state index in [1.165, 1.54) is 9.13 Å². The maximum Gasteiger partial charge on any atom is 0.414 e. The summed E-state index contributed by atoms with van der Waals surface area (Å²) in [6.45, 7) is 1.09. The van der Waals surface area contributed by atoms with Gasteiger partial charge in [0.25, 0.3) is 0 Å². The number of anilines is 1. The second kappa shape index (κ2) is 8.19. The predicted molar refractivity (Wildman–Crippen MR) is 104 cm³/mol. The monoisotopic (exact) mass is 434 g/mol.